The molecule has 0 spiro atoms. The van der Waals surface area contributed by atoms with E-state index in [4.69, 9.17) is 23.2 Å². The van der Waals surface area contributed by atoms with Gasteiger partial charge in [-0.3, -0.25) is 0 Å². The summed E-state index contributed by atoms with van der Waals surface area (Å²) >= 11 is 11.5. The summed E-state index contributed by atoms with van der Waals surface area (Å²) in [4.78, 5) is 12.3. The number of nitrogens with zero attached hydrogens (tertiary/aromatic N) is 2. The molecule has 0 aromatic heterocycles. The molecule has 2 bridgehead atoms. The topological polar surface area (TPSA) is 90.0 Å². The van der Waals surface area contributed by atoms with Gasteiger partial charge in [-0.2, -0.15) is 9.35 Å². The number of piperidine rings is 1. The van der Waals surface area contributed by atoms with E-state index in [1.165, 1.54) is 4.90 Å². The fraction of sp³-hybridized carbons (Fsp3) is 0.857. The van der Waals surface area contributed by atoms with Crippen LogP contribution in [0.2, 0.25) is 0 Å². The second kappa shape index (κ2) is 6.01. The van der Waals surface area contributed by atoms with Gasteiger partial charge < -0.3 is 9.45 Å². The van der Waals surface area contributed by atoms with Gasteiger partial charge in [0.2, 0.25) is 10.4 Å². The first-order valence-corrected chi connectivity index (χ1v) is 7.03. The van der Waals surface area contributed by atoms with Crippen LogP contribution in [0.15, 0.2) is 0 Å². The summed E-state index contributed by atoms with van der Waals surface area (Å²) in [7, 11) is -4.95. The zero-order chi connectivity index (χ0) is 12.8. The molecule has 2 aliphatic heterocycles. The van der Waals surface area contributed by atoms with E-state index >= 15 is 0 Å². The second-order valence-electron chi connectivity index (χ2n) is 3.88. The Balaban J connectivity index is 0.00000162. The Morgan fingerprint density at radius 3 is 2.50 bits per heavy atom. The maximum absolute atomic E-state index is 11.8. The molecule has 11 heteroatoms. The standard InChI is InChI=1S/C7H10Cl2N2O5S.Na/c8-6(9)5-2-1-4-3-10(5)7(12)11(4)16-17(13,14)15;/h4-6H,1-3H2,(H,13,14,15);/q;+1/p-1. The molecule has 2 atom stereocenters. The smallest absolute Gasteiger partial charge is 0.724 e. The van der Waals surface area contributed by atoms with E-state index < -0.39 is 27.3 Å². The Morgan fingerprint density at radius 1 is 1.39 bits per heavy atom. The molecule has 0 aromatic rings. The maximum atomic E-state index is 11.8. The molecule has 98 valence electrons. The first-order chi connectivity index (χ1) is 7.79. The van der Waals surface area contributed by atoms with Crippen molar-refractivity contribution >= 4 is 39.6 Å². The minimum atomic E-state index is -4.95. The largest absolute Gasteiger partial charge is 1.00 e. The van der Waals surface area contributed by atoms with Gasteiger partial charge in [-0.15, -0.1) is 23.2 Å². The molecular weight excluding hydrogens is 318 g/mol. The average molecular weight is 327 g/mol. The van der Waals surface area contributed by atoms with Crippen LogP contribution >= 0.6 is 23.2 Å². The number of fused-ring (bicyclic) bond motifs is 2. The average Bonchev–Trinajstić information content (AvgIpc) is 2.42. The second-order valence-corrected chi connectivity index (χ2v) is 6.01. The molecule has 18 heavy (non-hydrogen) atoms. The van der Waals surface area contributed by atoms with Gasteiger partial charge in [0.15, 0.2) is 0 Å². The van der Waals surface area contributed by atoms with Crippen molar-refractivity contribution in [3.63, 3.8) is 0 Å². The Morgan fingerprint density at radius 2 is 2.00 bits per heavy atom. The molecule has 2 heterocycles. The number of alkyl halides is 2. The van der Waals surface area contributed by atoms with Gasteiger partial charge >= 0.3 is 35.6 Å². The number of hydrogen-bond donors (Lipinski definition) is 0. The fourth-order valence-corrected chi connectivity index (χ4v) is 3.03. The van der Waals surface area contributed by atoms with Crippen LogP contribution in [0.5, 0.6) is 0 Å². The Kier molecular flexibility index (Phi) is 5.60. The number of urea groups is 1. The van der Waals surface area contributed by atoms with E-state index in [-0.39, 0.29) is 42.1 Å². The summed E-state index contributed by atoms with van der Waals surface area (Å²) in [6.07, 6.45) is 1.02. The van der Waals surface area contributed by atoms with Crippen molar-refractivity contribution in [2.45, 2.75) is 29.8 Å². The molecule has 2 saturated heterocycles. The number of halogens is 2. The van der Waals surface area contributed by atoms with Gasteiger partial charge in [-0.05, 0) is 12.8 Å². The van der Waals surface area contributed by atoms with E-state index in [0.29, 0.717) is 17.9 Å². The normalized spacial score (nSPS) is 27.7. The van der Waals surface area contributed by atoms with E-state index in [2.05, 4.69) is 4.28 Å². The van der Waals surface area contributed by atoms with Gasteiger partial charge in [0.1, 0.15) is 4.84 Å². The van der Waals surface area contributed by atoms with Crippen LogP contribution in [-0.4, -0.2) is 52.4 Å². The summed E-state index contributed by atoms with van der Waals surface area (Å²) in [5, 5.41) is 0.596. The minimum absolute atomic E-state index is 0. The van der Waals surface area contributed by atoms with Crippen molar-refractivity contribution in [2.75, 3.05) is 6.54 Å². The third-order valence-corrected chi connectivity index (χ3v) is 3.76. The number of hydroxylamine groups is 2. The van der Waals surface area contributed by atoms with Crippen molar-refractivity contribution in [1.29, 1.82) is 0 Å². The number of amides is 2. The van der Waals surface area contributed by atoms with Crippen molar-refractivity contribution in [3.05, 3.63) is 0 Å². The van der Waals surface area contributed by atoms with Gasteiger partial charge in [-0.25, -0.2) is 13.2 Å². The van der Waals surface area contributed by atoms with Gasteiger partial charge in [0, 0.05) is 6.54 Å². The number of hydrogen-bond acceptors (Lipinski definition) is 5. The number of carbonyl (C=O) groups excluding carboxylic acids is 1. The molecule has 7 nitrogen and oxygen atoms in total. The zero-order valence-corrected chi connectivity index (χ0v) is 13.8. The third kappa shape index (κ3) is 3.43. The minimum Gasteiger partial charge on any atom is -0.724 e. The van der Waals surface area contributed by atoms with Crippen molar-refractivity contribution in [2.24, 2.45) is 0 Å². The number of rotatable bonds is 3. The summed E-state index contributed by atoms with van der Waals surface area (Å²) in [6.45, 7) is 0.259. The van der Waals surface area contributed by atoms with Gasteiger partial charge in [0.25, 0.3) is 0 Å². The van der Waals surface area contributed by atoms with Crippen LogP contribution in [0.1, 0.15) is 12.8 Å². The Labute approximate surface area is 137 Å². The van der Waals surface area contributed by atoms with Gasteiger partial charge in [0.05, 0.1) is 12.1 Å². The number of carbonyl (C=O) groups is 1. The summed E-state index contributed by atoms with van der Waals surface area (Å²) in [5.74, 6) is 0. The molecule has 0 aromatic carbocycles. The monoisotopic (exact) mass is 326 g/mol. The predicted octanol–water partition coefficient (Wildman–Crippen LogP) is -2.55. The molecule has 2 unspecified atom stereocenters. The summed E-state index contributed by atoms with van der Waals surface area (Å²) in [6, 6.07) is -1.53. The van der Waals surface area contributed by atoms with E-state index in [0.717, 1.165) is 0 Å². The molecule has 0 N–H and O–H groups in total. The SMILES string of the molecule is O=C1N2CC(CCC2C(Cl)Cl)N1OS(=O)(=O)[O-].[Na+]. The first kappa shape index (κ1) is 16.8. The Hall–Kier alpha value is 0.720. The quantitative estimate of drug-likeness (QED) is 0.246. The molecule has 0 radical (unpaired) electrons. The van der Waals surface area contributed by atoms with Gasteiger partial charge in [-0.1, -0.05) is 0 Å². The van der Waals surface area contributed by atoms with Crippen LogP contribution in [0, 0.1) is 0 Å². The van der Waals surface area contributed by atoms with Crippen LogP contribution in [-0.2, 0) is 14.7 Å². The van der Waals surface area contributed by atoms with Crippen molar-refractivity contribution < 1.29 is 51.6 Å². The van der Waals surface area contributed by atoms with Crippen LogP contribution in [0.4, 0.5) is 4.79 Å². The molecule has 2 aliphatic rings. The molecule has 2 fully saturated rings. The van der Waals surface area contributed by atoms with Crippen molar-refractivity contribution in [1.82, 2.24) is 9.96 Å². The third-order valence-electron chi connectivity index (χ3n) is 2.83. The van der Waals surface area contributed by atoms with Crippen LogP contribution in [0.3, 0.4) is 0 Å². The van der Waals surface area contributed by atoms with Crippen molar-refractivity contribution in [3.8, 4) is 0 Å². The summed E-state index contributed by atoms with van der Waals surface area (Å²) < 4.78 is 35.6. The van der Waals surface area contributed by atoms with E-state index in [1.54, 1.807) is 0 Å². The molecule has 0 saturated carbocycles. The van der Waals surface area contributed by atoms with E-state index in [9.17, 15) is 17.8 Å². The Bertz CT molecular complexity index is 434. The first-order valence-electron chi connectivity index (χ1n) is 4.83. The maximum Gasteiger partial charge on any atom is 1.00 e. The zero-order valence-electron chi connectivity index (χ0n) is 9.45. The van der Waals surface area contributed by atoms with Crippen LogP contribution < -0.4 is 29.6 Å². The molecule has 2 amide bonds. The molecule has 2 rings (SSSR count). The molecular formula is C7H9Cl2N2NaO5S. The predicted molar refractivity (Wildman–Crippen MR) is 57.0 cm³/mol. The molecule has 0 aliphatic carbocycles. The van der Waals surface area contributed by atoms with E-state index in [1.807, 2.05) is 0 Å². The summed E-state index contributed by atoms with van der Waals surface area (Å²) in [5.41, 5.74) is 0. The van der Waals surface area contributed by atoms with Crippen LogP contribution in [0.25, 0.3) is 0 Å². The fourth-order valence-electron chi connectivity index (χ4n) is 2.12.